The Balaban J connectivity index is 1.92. The van der Waals surface area contributed by atoms with Crippen LogP contribution in [-0.4, -0.2) is 41.0 Å². The van der Waals surface area contributed by atoms with Gasteiger partial charge < -0.3 is 0 Å². The lowest BCUT2D eigenvalue weighted by Gasteiger charge is -2.05. The third kappa shape index (κ3) is 2.08. The summed E-state index contributed by atoms with van der Waals surface area (Å²) in [5.74, 6) is 0. The average Bonchev–Trinajstić information content (AvgIpc) is 3.29. The van der Waals surface area contributed by atoms with Gasteiger partial charge in [0.1, 0.15) is 11.4 Å². The van der Waals surface area contributed by atoms with E-state index in [0.717, 1.165) is 33.6 Å². The van der Waals surface area contributed by atoms with Crippen molar-refractivity contribution in [3.8, 4) is 33.6 Å². The third-order valence-electron chi connectivity index (χ3n) is 3.19. The van der Waals surface area contributed by atoms with Crippen LogP contribution >= 0.6 is 0 Å². The zero-order valence-corrected chi connectivity index (χ0v) is 10.8. The summed E-state index contributed by atoms with van der Waals surface area (Å²) in [6.45, 7) is 0. The lowest BCUT2D eigenvalue weighted by atomic mass is 9.99. The van der Waals surface area contributed by atoms with Gasteiger partial charge in [-0.1, -0.05) is 0 Å². The highest BCUT2D eigenvalue weighted by Crippen LogP contribution is 2.30. The normalized spacial score (nSPS) is 10.9. The predicted molar refractivity (Wildman–Crippen MR) is 74.8 cm³/mol. The molecule has 0 aliphatic carbocycles. The van der Waals surface area contributed by atoms with Crippen molar-refractivity contribution in [2.24, 2.45) is 0 Å². The highest BCUT2D eigenvalue weighted by atomic mass is 15.3. The Bertz CT molecular complexity index is 703. The van der Waals surface area contributed by atoms with Crippen molar-refractivity contribution < 1.29 is 0 Å². The molecule has 3 aromatic heterocycles. The summed E-state index contributed by atoms with van der Waals surface area (Å²) >= 11 is 0. The fourth-order valence-corrected chi connectivity index (χ4v) is 2.18. The SMILES string of the molecule is c1n[nH]cc1-c1cc(-c2cn[nH]n2)cc(-c2cn[nH]n2)c1. The topological polar surface area (TPSA) is 112 Å². The molecule has 0 unspecified atom stereocenters. The van der Waals surface area contributed by atoms with E-state index in [9.17, 15) is 0 Å². The molecule has 0 saturated carbocycles. The zero-order valence-electron chi connectivity index (χ0n) is 10.8. The quantitative estimate of drug-likeness (QED) is 0.527. The molecule has 1 aromatic carbocycles. The first-order valence-corrected chi connectivity index (χ1v) is 6.27. The molecule has 21 heavy (non-hydrogen) atoms. The molecule has 3 N–H and O–H groups in total. The van der Waals surface area contributed by atoms with E-state index in [1.54, 1.807) is 18.6 Å². The molecule has 0 atom stereocenters. The number of hydrogen-bond donors (Lipinski definition) is 3. The Kier molecular flexibility index (Phi) is 2.57. The van der Waals surface area contributed by atoms with E-state index in [0.29, 0.717) is 0 Å². The Morgan fingerprint density at radius 3 is 1.71 bits per heavy atom. The van der Waals surface area contributed by atoms with Gasteiger partial charge in [-0.2, -0.15) is 35.9 Å². The van der Waals surface area contributed by atoms with Gasteiger partial charge in [-0.25, -0.2) is 0 Å². The van der Waals surface area contributed by atoms with Gasteiger partial charge in [0.2, 0.25) is 0 Å². The van der Waals surface area contributed by atoms with Gasteiger partial charge in [-0.15, -0.1) is 0 Å². The van der Waals surface area contributed by atoms with E-state index < -0.39 is 0 Å². The smallest absolute Gasteiger partial charge is 0.112 e. The van der Waals surface area contributed by atoms with Gasteiger partial charge in [-0.3, -0.25) is 5.10 Å². The maximum Gasteiger partial charge on any atom is 0.112 e. The van der Waals surface area contributed by atoms with Crippen LogP contribution in [0.1, 0.15) is 0 Å². The minimum atomic E-state index is 0.769. The molecular formula is C13H10N8. The summed E-state index contributed by atoms with van der Waals surface area (Å²) in [6.07, 6.45) is 6.98. The summed E-state index contributed by atoms with van der Waals surface area (Å²) in [4.78, 5) is 0. The summed E-state index contributed by atoms with van der Waals surface area (Å²) in [5, 5.41) is 28.0. The first kappa shape index (κ1) is 11.5. The van der Waals surface area contributed by atoms with E-state index in [1.165, 1.54) is 0 Å². The number of nitrogens with zero attached hydrogens (tertiary/aromatic N) is 5. The Hall–Kier alpha value is -3.29. The summed E-state index contributed by atoms with van der Waals surface area (Å²) in [7, 11) is 0. The molecule has 0 amide bonds. The van der Waals surface area contributed by atoms with Crippen molar-refractivity contribution >= 4 is 0 Å². The molecule has 3 heterocycles. The van der Waals surface area contributed by atoms with Gasteiger partial charge in [0.05, 0.1) is 18.6 Å². The Morgan fingerprint density at radius 2 is 1.24 bits per heavy atom. The largest absolute Gasteiger partial charge is 0.285 e. The van der Waals surface area contributed by atoms with Gasteiger partial charge >= 0.3 is 0 Å². The number of H-pyrrole nitrogens is 3. The highest BCUT2D eigenvalue weighted by Gasteiger charge is 2.10. The van der Waals surface area contributed by atoms with Crippen LogP contribution in [-0.2, 0) is 0 Å². The fourth-order valence-electron chi connectivity index (χ4n) is 2.18. The maximum absolute atomic E-state index is 4.13. The van der Waals surface area contributed by atoms with Crippen molar-refractivity contribution in [2.45, 2.75) is 0 Å². The molecule has 8 heteroatoms. The van der Waals surface area contributed by atoms with Crippen LogP contribution in [0, 0.1) is 0 Å². The van der Waals surface area contributed by atoms with Crippen LogP contribution in [0.25, 0.3) is 33.6 Å². The van der Waals surface area contributed by atoms with Crippen LogP contribution in [0.4, 0.5) is 0 Å². The predicted octanol–water partition coefficient (Wildman–Crippen LogP) is 1.65. The van der Waals surface area contributed by atoms with Crippen LogP contribution in [0.3, 0.4) is 0 Å². The van der Waals surface area contributed by atoms with Gasteiger partial charge in [0.25, 0.3) is 0 Å². The lowest BCUT2D eigenvalue weighted by molar-refractivity contribution is 0.941. The number of aromatic nitrogens is 8. The molecule has 0 bridgehead atoms. The van der Waals surface area contributed by atoms with E-state index in [2.05, 4.69) is 41.0 Å². The van der Waals surface area contributed by atoms with Crippen LogP contribution in [0.5, 0.6) is 0 Å². The molecule has 0 spiro atoms. The van der Waals surface area contributed by atoms with Crippen molar-refractivity contribution in [1.82, 2.24) is 41.0 Å². The molecule has 0 aliphatic rings. The van der Waals surface area contributed by atoms with Crippen molar-refractivity contribution in [1.29, 1.82) is 0 Å². The minimum Gasteiger partial charge on any atom is -0.285 e. The molecule has 102 valence electrons. The number of rotatable bonds is 3. The second-order valence-electron chi connectivity index (χ2n) is 4.50. The van der Waals surface area contributed by atoms with Gasteiger partial charge in [-0.05, 0) is 23.8 Å². The molecular weight excluding hydrogens is 268 g/mol. The monoisotopic (exact) mass is 278 g/mol. The standard InChI is InChI=1S/C13H10N8/c1-8(11-4-14-15-5-11)2-10(13-7-17-21-19-13)3-9(1)12-6-16-20-18-12/h1-7H,(H,14,15)(H,16,18,20)(H,17,19,21). The second kappa shape index (κ2) is 4.67. The Morgan fingerprint density at radius 1 is 0.619 bits per heavy atom. The van der Waals surface area contributed by atoms with Gasteiger partial charge in [0, 0.05) is 22.9 Å². The number of nitrogens with one attached hydrogen (secondary N) is 3. The first-order valence-electron chi connectivity index (χ1n) is 6.27. The number of benzene rings is 1. The minimum absolute atomic E-state index is 0.769. The molecule has 4 rings (SSSR count). The van der Waals surface area contributed by atoms with E-state index in [-0.39, 0.29) is 0 Å². The van der Waals surface area contributed by atoms with Crippen LogP contribution in [0.15, 0.2) is 43.0 Å². The van der Waals surface area contributed by atoms with Crippen molar-refractivity contribution in [3.05, 3.63) is 43.0 Å². The molecule has 0 saturated heterocycles. The third-order valence-corrected chi connectivity index (χ3v) is 3.19. The number of hydrogen-bond acceptors (Lipinski definition) is 5. The first-order chi connectivity index (χ1) is 10.4. The second-order valence-corrected chi connectivity index (χ2v) is 4.50. The van der Waals surface area contributed by atoms with Crippen LogP contribution in [0.2, 0.25) is 0 Å². The highest BCUT2D eigenvalue weighted by molar-refractivity contribution is 5.78. The Labute approximate surface area is 118 Å². The molecule has 0 fully saturated rings. The van der Waals surface area contributed by atoms with Gasteiger partial charge in [0.15, 0.2) is 0 Å². The summed E-state index contributed by atoms with van der Waals surface area (Å²) in [6, 6.07) is 6.07. The summed E-state index contributed by atoms with van der Waals surface area (Å²) < 4.78 is 0. The van der Waals surface area contributed by atoms with E-state index in [4.69, 9.17) is 0 Å². The van der Waals surface area contributed by atoms with Crippen molar-refractivity contribution in [2.75, 3.05) is 0 Å². The van der Waals surface area contributed by atoms with E-state index in [1.807, 2.05) is 24.4 Å². The molecule has 0 radical (unpaired) electrons. The fraction of sp³-hybridized carbons (Fsp3) is 0. The maximum atomic E-state index is 4.13. The molecule has 4 aromatic rings. The summed E-state index contributed by atoms with van der Waals surface area (Å²) in [5.41, 5.74) is 5.43. The lowest BCUT2D eigenvalue weighted by Crippen LogP contribution is -1.86. The van der Waals surface area contributed by atoms with Crippen molar-refractivity contribution in [3.63, 3.8) is 0 Å². The van der Waals surface area contributed by atoms with E-state index >= 15 is 0 Å². The zero-order chi connectivity index (χ0) is 14.1. The molecule has 0 aliphatic heterocycles. The number of aromatic amines is 3. The van der Waals surface area contributed by atoms with Crippen LogP contribution < -0.4 is 0 Å². The average molecular weight is 278 g/mol. The molecule has 8 nitrogen and oxygen atoms in total.